The van der Waals surface area contributed by atoms with Gasteiger partial charge in [-0.2, -0.15) is 0 Å². The summed E-state index contributed by atoms with van der Waals surface area (Å²) >= 11 is 0. The van der Waals surface area contributed by atoms with Crippen molar-refractivity contribution in [3.8, 4) is 11.1 Å². The number of aryl methyl sites for hydroxylation is 1. The van der Waals surface area contributed by atoms with Gasteiger partial charge in [0.25, 0.3) is 5.56 Å². The third-order valence-corrected chi connectivity index (χ3v) is 6.96. The highest BCUT2D eigenvalue weighted by atomic mass is 19.1. The van der Waals surface area contributed by atoms with E-state index in [9.17, 15) is 13.6 Å². The molecule has 2 fully saturated rings. The molecule has 2 aromatic heterocycles. The average Bonchev–Trinajstić information content (AvgIpc) is 3.54. The van der Waals surface area contributed by atoms with Gasteiger partial charge in [0.2, 0.25) is 0 Å². The maximum Gasteiger partial charge on any atom is 0.281 e. The van der Waals surface area contributed by atoms with E-state index in [1.165, 1.54) is 0 Å². The zero-order chi connectivity index (χ0) is 22.9. The number of pyridine rings is 1. The van der Waals surface area contributed by atoms with Crippen LogP contribution in [0.3, 0.4) is 0 Å². The SMILES string of the molecule is Cc1c(-c2cc(F)c(N)cc2F)ccc2c3oc(C4CCNCC4)nc3c(=O)n(C3CC3)c12. The van der Waals surface area contributed by atoms with E-state index in [-0.39, 0.29) is 28.8 Å². The van der Waals surface area contributed by atoms with Crippen molar-refractivity contribution >= 4 is 27.7 Å². The van der Waals surface area contributed by atoms with E-state index in [2.05, 4.69) is 10.3 Å². The molecule has 0 unspecified atom stereocenters. The quantitative estimate of drug-likeness (QED) is 0.439. The molecule has 1 aliphatic carbocycles. The predicted octanol–water partition coefficient (Wildman–Crippen LogP) is 4.78. The lowest BCUT2D eigenvalue weighted by molar-refractivity contribution is 0.386. The van der Waals surface area contributed by atoms with Gasteiger partial charge >= 0.3 is 0 Å². The van der Waals surface area contributed by atoms with E-state index in [1.54, 1.807) is 10.6 Å². The molecule has 2 aromatic carbocycles. The summed E-state index contributed by atoms with van der Waals surface area (Å²) < 4.78 is 36.9. The lowest BCUT2D eigenvalue weighted by Gasteiger charge is -2.19. The highest BCUT2D eigenvalue weighted by Crippen LogP contribution is 2.41. The van der Waals surface area contributed by atoms with Gasteiger partial charge in [-0.15, -0.1) is 0 Å². The number of nitrogens with two attached hydrogens (primary N) is 1. The number of benzene rings is 2. The first-order chi connectivity index (χ1) is 15.9. The van der Waals surface area contributed by atoms with Crippen molar-refractivity contribution < 1.29 is 13.2 Å². The van der Waals surface area contributed by atoms with Crippen LogP contribution in [-0.2, 0) is 0 Å². The summed E-state index contributed by atoms with van der Waals surface area (Å²) in [5, 5.41) is 4.10. The first-order valence-electron chi connectivity index (χ1n) is 11.4. The second-order valence-electron chi connectivity index (χ2n) is 9.15. The molecule has 0 amide bonds. The molecule has 4 aromatic rings. The molecule has 170 valence electrons. The van der Waals surface area contributed by atoms with Gasteiger partial charge in [0.15, 0.2) is 17.0 Å². The largest absolute Gasteiger partial charge is 0.439 e. The molecule has 1 aliphatic heterocycles. The highest BCUT2D eigenvalue weighted by Gasteiger charge is 2.31. The summed E-state index contributed by atoms with van der Waals surface area (Å²) in [4.78, 5) is 18.2. The smallest absolute Gasteiger partial charge is 0.281 e. The zero-order valence-corrected chi connectivity index (χ0v) is 18.3. The summed E-state index contributed by atoms with van der Waals surface area (Å²) in [7, 11) is 0. The Balaban J connectivity index is 1.64. The second-order valence-corrected chi connectivity index (χ2v) is 9.15. The number of fused-ring (bicyclic) bond motifs is 3. The van der Waals surface area contributed by atoms with Crippen molar-refractivity contribution in [3.63, 3.8) is 0 Å². The summed E-state index contributed by atoms with van der Waals surface area (Å²) in [5.41, 5.74) is 7.95. The molecule has 6 rings (SSSR count). The van der Waals surface area contributed by atoms with Gasteiger partial charge in [-0.3, -0.25) is 4.79 Å². The van der Waals surface area contributed by atoms with Gasteiger partial charge in [-0.05, 0) is 69.0 Å². The second kappa shape index (κ2) is 7.38. The molecular weight excluding hydrogens is 426 g/mol. The Hall–Kier alpha value is -3.26. The molecule has 1 saturated carbocycles. The van der Waals surface area contributed by atoms with Gasteiger partial charge in [0.05, 0.1) is 11.2 Å². The van der Waals surface area contributed by atoms with Crippen LogP contribution in [0.1, 0.15) is 49.1 Å². The number of piperidine rings is 1. The van der Waals surface area contributed by atoms with E-state index in [0.29, 0.717) is 33.6 Å². The highest BCUT2D eigenvalue weighted by molar-refractivity contribution is 6.04. The van der Waals surface area contributed by atoms with Crippen LogP contribution in [0.4, 0.5) is 14.5 Å². The number of halogens is 2. The van der Waals surface area contributed by atoms with Gasteiger partial charge in [0.1, 0.15) is 11.6 Å². The van der Waals surface area contributed by atoms with Crippen LogP contribution >= 0.6 is 0 Å². The fourth-order valence-corrected chi connectivity index (χ4v) is 5.06. The predicted molar refractivity (Wildman–Crippen MR) is 123 cm³/mol. The number of hydrogen-bond donors (Lipinski definition) is 2. The normalized spacial score (nSPS) is 17.3. The maximum absolute atomic E-state index is 14.8. The minimum absolute atomic E-state index is 0.0744. The Morgan fingerprint density at radius 2 is 1.85 bits per heavy atom. The van der Waals surface area contributed by atoms with Crippen LogP contribution in [0.25, 0.3) is 33.1 Å². The third-order valence-electron chi connectivity index (χ3n) is 6.96. The Morgan fingerprint density at radius 1 is 1.09 bits per heavy atom. The molecule has 33 heavy (non-hydrogen) atoms. The van der Waals surface area contributed by atoms with E-state index >= 15 is 0 Å². The topological polar surface area (TPSA) is 86.1 Å². The number of nitrogen functional groups attached to an aromatic ring is 1. The van der Waals surface area contributed by atoms with E-state index in [4.69, 9.17) is 10.2 Å². The molecule has 0 radical (unpaired) electrons. The molecule has 0 bridgehead atoms. The summed E-state index contributed by atoms with van der Waals surface area (Å²) in [5.74, 6) is -0.505. The van der Waals surface area contributed by atoms with Crippen LogP contribution in [0, 0.1) is 18.6 Å². The van der Waals surface area contributed by atoms with Crippen molar-refractivity contribution in [2.75, 3.05) is 18.8 Å². The number of hydrogen-bond acceptors (Lipinski definition) is 5. The van der Waals surface area contributed by atoms with Gasteiger partial charge in [-0.1, -0.05) is 6.07 Å². The van der Waals surface area contributed by atoms with Gasteiger partial charge in [0, 0.05) is 29.0 Å². The fraction of sp³-hybridized carbons (Fsp3) is 0.360. The number of oxazole rings is 1. The first-order valence-corrected chi connectivity index (χ1v) is 11.4. The maximum atomic E-state index is 14.8. The molecule has 1 saturated heterocycles. The molecular formula is C25H24F2N4O2. The monoisotopic (exact) mass is 450 g/mol. The van der Waals surface area contributed by atoms with Crippen molar-refractivity contribution in [2.24, 2.45) is 0 Å². The summed E-state index contributed by atoms with van der Waals surface area (Å²) in [6, 6.07) is 5.75. The standard InChI is InChI=1S/C25H24F2N4O2/c1-12-15(17-10-19(27)20(28)11-18(17)26)4-5-16-22(12)31(14-2-3-14)25(32)21-23(16)33-24(30-21)13-6-8-29-9-7-13/h4-5,10-11,13-14,29H,2-3,6-9,28H2,1H3. The minimum atomic E-state index is -0.678. The summed E-state index contributed by atoms with van der Waals surface area (Å²) in [6.45, 7) is 3.62. The number of nitrogens with zero attached hydrogens (tertiary/aromatic N) is 2. The molecule has 3 heterocycles. The summed E-state index contributed by atoms with van der Waals surface area (Å²) in [6.07, 6.45) is 3.61. The van der Waals surface area contributed by atoms with Crippen LogP contribution < -0.4 is 16.6 Å². The molecule has 2 aliphatic rings. The third kappa shape index (κ3) is 3.15. The van der Waals surface area contributed by atoms with E-state index in [0.717, 1.165) is 56.3 Å². The molecule has 6 nitrogen and oxygen atoms in total. The Kier molecular flexibility index (Phi) is 4.55. The lowest BCUT2D eigenvalue weighted by Crippen LogP contribution is -2.26. The van der Waals surface area contributed by atoms with Crippen LogP contribution in [0.5, 0.6) is 0 Å². The first kappa shape index (κ1) is 20.4. The van der Waals surface area contributed by atoms with E-state index < -0.39 is 11.6 Å². The van der Waals surface area contributed by atoms with E-state index in [1.807, 2.05) is 13.0 Å². The van der Waals surface area contributed by atoms with Crippen molar-refractivity contribution in [1.29, 1.82) is 0 Å². The molecule has 0 spiro atoms. The Morgan fingerprint density at radius 3 is 2.58 bits per heavy atom. The van der Waals surface area contributed by atoms with Crippen LogP contribution in [0.15, 0.2) is 33.5 Å². The van der Waals surface area contributed by atoms with Gasteiger partial charge in [-0.25, -0.2) is 13.8 Å². The average molecular weight is 450 g/mol. The van der Waals surface area contributed by atoms with Crippen molar-refractivity contribution in [2.45, 2.75) is 44.6 Å². The zero-order valence-electron chi connectivity index (χ0n) is 18.3. The van der Waals surface area contributed by atoms with Gasteiger partial charge < -0.3 is 20.0 Å². The molecule has 3 N–H and O–H groups in total. The van der Waals surface area contributed by atoms with Crippen molar-refractivity contribution in [1.82, 2.24) is 14.9 Å². The fourth-order valence-electron chi connectivity index (χ4n) is 5.06. The lowest BCUT2D eigenvalue weighted by atomic mass is 9.96. The van der Waals surface area contributed by atoms with Crippen LogP contribution in [0.2, 0.25) is 0 Å². The number of aromatic nitrogens is 2. The Bertz CT molecular complexity index is 1480. The number of rotatable bonds is 3. The molecule has 0 atom stereocenters. The minimum Gasteiger partial charge on any atom is -0.439 e. The van der Waals surface area contributed by atoms with Crippen molar-refractivity contribution in [3.05, 3.63) is 57.7 Å². The number of nitrogens with one attached hydrogen (secondary N) is 1. The Labute approximate surface area is 188 Å². The number of anilines is 1. The molecule has 8 heteroatoms. The van der Waals surface area contributed by atoms with Crippen LogP contribution in [-0.4, -0.2) is 22.6 Å².